The lowest BCUT2D eigenvalue weighted by Gasteiger charge is -2.14. The van der Waals surface area contributed by atoms with Crippen LogP contribution in [0.3, 0.4) is 0 Å². The summed E-state index contributed by atoms with van der Waals surface area (Å²) in [5.41, 5.74) is 6.54. The maximum atomic E-state index is 12.1. The number of hydrogen-bond donors (Lipinski definition) is 3. The first-order valence-electron chi connectivity index (χ1n) is 14.1. The van der Waals surface area contributed by atoms with Gasteiger partial charge in [0, 0.05) is 29.3 Å². The molecular weight excluding hydrogens is 508 g/mol. The number of anilines is 2. The van der Waals surface area contributed by atoms with E-state index in [2.05, 4.69) is 53.7 Å². The molecule has 0 radical (unpaired) electrons. The Morgan fingerprint density at radius 2 is 1.80 bits per heavy atom. The van der Waals surface area contributed by atoms with Gasteiger partial charge in [0.15, 0.2) is 17.3 Å². The predicted octanol–water partition coefficient (Wildman–Crippen LogP) is 5.00. The Morgan fingerprint density at radius 3 is 2.58 bits per heavy atom. The summed E-state index contributed by atoms with van der Waals surface area (Å²) >= 11 is 0. The average Bonchev–Trinajstić information content (AvgIpc) is 3.58. The number of aryl methyl sites for hydroxylation is 1. The van der Waals surface area contributed by atoms with Gasteiger partial charge in [0.1, 0.15) is 13.2 Å². The lowest BCUT2D eigenvalue weighted by atomic mass is 10.0. The maximum Gasteiger partial charge on any atom is 0.246 e. The number of H-pyrrole nitrogens is 1. The number of rotatable bonds is 13. The number of benzene rings is 2. The second-order valence-corrected chi connectivity index (χ2v) is 11.0. The highest BCUT2D eigenvalue weighted by Crippen LogP contribution is 2.44. The minimum atomic E-state index is -0.0571. The number of ether oxygens (including phenoxy) is 4. The van der Waals surface area contributed by atoms with E-state index in [9.17, 15) is 4.79 Å². The van der Waals surface area contributed by atoms with Gasteiger partial charge in [0.05, 0.1) is 32.6 Å². The van der Waals surface area contributed by atoms with Crippen LogP contribution in [-0.4, -0.2) is 62.3 Å². The molecule has 9 nitrogen and oxygen atoms in total. The van der Waals surface area contributed by atoms with Crippen molar-refractivity contribution in [2.75, 3.05) is 45.5 Å². The molecule has 3 N–H and O–H groups in total. The summed E-state index contributed by atoms with van der Waals surface area (Å²) in [5, 5.41) is 14.2. The zero-order chi connectivity index (χ0) is 28.1. The lowest BCUT2D eigenvalue weighted by Crippen LogP contribution is -2.36. The Morgan fingerprint density at radius 1 is 1.02 bits per heavy atom. The second-order valence-electron chi connectivity index (χ2n) is 11.0. The molecule has 2 aliphatic rings. The molecule has 0 aliphatic heterocycles. The quantitative estimate of drug-likeness (QED) is 0.202. The summed E-state index contributed by atoms with van der Waals surface area (Å²) in [6.07, 6.45) is 2.83. The molecule has 0 spiro atoms. The monoisotopic (exact) mass is 548 g/mol. The van der Waals surface area contributed by atoms with Crippen molar-refractivity contribution in [2.45, 2.75) is 46.1 Å². The number of carbonyl (C=O) groups is 1. The number of carbonyl (C=O) groups excluding carboxylic acids is 1. The van der Waals surface area contributed by atoms with Gasteiger partial charge in [-0.15, -0.1) is 0 Å². The highest BCUT2D eigenvalue weighted by Gasteiger charge is 2.29. The van der Waals surface area contributed by atoms with Crippen LogP contribution in [0.4, 0.5) is 11.5 Å². The fourth-order valence-corrected chi connectivity index (χ4v) is 5.61. The highest BCUT2D eigenvalue weighted by atomic mass is 16.6. The Labute approximate surface area is 235 Å². The van der Waals surface area contributed by atoms with Crippen LogP contribution in [0.15, 0.2) is 36.4 Å². The fraction of sp³-hybridized carbons (Fsp3) is 0.484. The van der Waals surface area contributed by atoms with Crippen LogP contribution < -0.4 is 20.1 Å². The van der Waals surface area contributed by atoms with Gasteiger partial charge < -0.3 is 29.6 Å². The van der Waals surface area contributed by atoms with Gasteiger partial charge in [-0.05, 0) is 67.0 Å². The third-order valence-corrected chi connectivity index (χ3v) is 7.91. The first kappa shape index (κ1) is 28.0. The molecule has 0 saturated heterocycles. The summed E-state index contributed by atoms with van der Waals surface area (Å²) in [7, 11) is 1.64. The summed E-state index contributed by atoms with van der Waals surface area (Å²) in [6, 6.07) is 12.5. The molecule has 2 aromatic carbocycles. The highest BCUT2D eigenvalue weighted by molar-refractivity contribution is 5.81. The van der Waals surface area contributed by atoms with Crippen molar-refractivity contribution in [1.29, 1.82) is 0 Å². The van der Waals surface area contributed by atoms with Crippen LogP contribution in [0, 0.1) is 18.8 Å². The topological polar surface area (TPSA) is 107 Å². The van der Waals surface area contributed by atoms with Gasteiger partial charge >= 0.3 is 0 Å². The van der Waals surface area contributed by atoms with E-state index >= 15 is 0 Å². The number of amides is 1. The number of aromatic nitrogens is 2. The van der Waals surface area contributed by atoms with Crippen molar-refractivity contribution in [2.24, 2.45) is 11.8 Å². The number of hydrogen-bond acceptors (Lipinski definition) is 7. The van der Waals surface area contributed by atoms with Crippen LogP contribution in [0.5, 0.6) is 11.5 Å². The molecule has 1 amide bonds. The van der Waals surface area contributed by atoms with Gasteiger partial charge in [-0.25, -0.2) is 0 Å². The Bertz CT molecular complexity index is 1310. The summed E-state index contributed by atoms with van der Waals surface area (Å²) < 4.78 is 22.7. The molecule has 2 unspecified atom stereocenters. The zero-order valence-corrected chi connectivity index (χ0v) is 23.8. The molecule has 1 fully saturated rings. The number of nitrogens with one attached hydrogen (secondary N) is 3. The van der Waals surface area contributed by atoms with Crippen LogP contribution in [-0.2, 0) is 20.7 Å². The van der Waals surface area contributed by atoms with Crippen LogP contribution in [0.1, 0.15) is 43.4 Å². The third-order valence-electron chi connectivity index (χ3n) is 7.91. The van der Waals surface area contributed by atoms with Crippen molar-refractivity contribution in [3.05, 3.63) is 53.1 Å². The minimum Gasteiger partial charge on any atom is -0.493 e. The van der Waals surface area contributed by atoms with Crippen molar-refractivity contribution in [3.8, 4) is 22.8 Å². The number of aromatic amines is 1. The molecule has 0 bridgehead atoms. The normalized spacial score (nSPS) is 19.2. The van der Waals surface area contributed by atoms with Crippen molar-refractivity contribution >= 4 is 17.4 Å². The molecule has 2 aliphatic carbocycles. The summed E-state index contributed by atoms with van der Waals surface area (Å²) in [5.74, 6) is 3.42. The molecule has 40 heavy (non-hydrogen) atoms. The fourth-order valence-electron chi connectivity index (χ4n) is 5.61. The van der Waals surface area contributed by atoms with Crippen LogP contribution in [0.2, 0.25) is 0 Å². The zero-order valence-electron chi connectivity index (χ0n) is 23.8. The molecule has 1 saturated carbocycles. The van der Waals surface area contributed by atoms with Gasteiger partial charge in [0.2, 0.25) is 5.91 Å². The summed E-state index contributed by atoms with van der Waals surface area (Å²) in [4.78, 5) is 12.1. The van der Waals surface area contributed by atoms with Gasteiger partial charge in [0.25, 0.3) is 0 Å². The first-order chi connectivity index (χ1) is 19.4. The lowest BCUT2D eigenvalue weighted by molar-refractivity contribution is -0.127. The van der Waals surface area contributed by atoms with Gasteiger partial charge in [-0.3, -0.25) is 9.89 Å². The smallest absolute Gasteiger partial charge is 0.246 e. The van der Waals surface area contributed by atoms with Crippen molar-refractivity contribution in [3.63, 3.8) is 0 Å². The van der Waals surface area contributed by atoms with Gasteiger partial charge in [-0.1, -0.05) is 26.0 Å². The Balaban J connectivity index is 1.05. The molecular formula is C31H40N4O5. The molecule has 5 rings (SSSR count). The summed E-state index contributed by atoms with van der Waals surface area (Å²) in [6.45, 7) is 8.15. The van der Waals surface area contributed by atoms with E-state index < -0.39 is 0 Å². The standard InChI is InChI=1S/C31H40N4O5/c1-19-6-5-7-23(12-19)33-31-26-15-22-16-28(27(37-4)17-25(22)30(26)34-35-31)40-11-10-38-8-9-39-18-29(36)32-24-13-20(2)21(3)14-24/h5-7,12,16-17,20-21,24H,8-11,13-15,18H2,1-4H3,(H,32,36)(H2,33,34,35)/t20-,21?,24?/m1/s1. The van der Waals surface area contributed by atoms with E-state index in [1.807, 2.05) is 24.3 Å². The van der Waals surface area contributed by atoms with Crippen LogP contribution in [0.25, 0.3) is 11.3 Å². The van der Waals surface area contributed by atoms with E-state index in [0.29, 0.717) is 49.8 Å². The van der Waals surface area contributed by atoms with E-state index in [1.165, 1.54) is 5.56 Å². The average molecular weight is 549 g/mol. The van der Waals surface area contributed by atoms with Crippen molar-refractivity contribution in [1.82, 2.24) is 15.5 Å². The van der Waals surface area contributed by atoms with Gasteiger partial charge in [-0.2, -0.15) is 5.10 Å². The van der Waals surface area contributed by atoms with E-state index in [-0.39, 0.29) is 18.6 Å². The molecule has 214 valence electrons. The molecule has 3 aromatic rings. The molecule has 1 aromatic heterocycles. The Kier molecular flexibility index (Phi) is 8.91. The van der Waals surface area contributed by atoms with Crippen molar-refractivity contribution < 1.29 is 23.7 Å². The van der Waals surface area contributed by atoms with Crippen LogP contribution >= 0.6 is 0 Å². The number of fused-ring (bicyclic) bond motifs is 3. The number of nitrogens with zero attached hydrogens (tertiary/aromatic N) is 1. The number of methoxy groups -OCH3 is 1. The molecule has 9 heteroatoms. The molecule has 1 heterocycles. The predicted molar refractivity (Wildman–Crippen MR) is 154 cm³/mol. The maximum absolute atomic E-state index is 12.1. The molecule has 3 atom stereocenters. The SMILES string of the molecule is COc1cc2c(cc1OCCOCCOCC(=O)NC1CC(C)[C@H](C)C1)Cc1c(Nc3cccc(C)c3)n[nH]c1-2. The van der Waals surface area contributed by atoms with E-state index in [0.717, 1.165) is 53.2 Å². The van der Waals surface area contributed by atoms with E-state index in [1.54, 1.807) is 7.11 Å². The second kappa shape index (κ2) is 12.7. The minimum absolute atomic E-state index is 0.0571. The largest absolute Gasteiger partial charge is 0.493 e. The Hall–Kier alpha value is -3.56. The first-order valence-corrected chi connectivity index (χ1v) is 14.1. The van der Waals surface area contributed by atoms with E-state index in [4.69, 9.17) is 18.9 Å². The third kappa shape index (κ3) is 6.59.